The predicted octanol–water partition coefficient (Wildman–Crippen LogP) is 4.68. The molecule has 1 amide bonds. The molecule has 0 saturated carbocycles. The van der Waals surface area contributed by atoms with Crippen LogP contribution in [-0.2, 0) is 4.79 Å². The topological polar surface area (TPSA) is 46.2 Å². The highest BCUT2D eigenvalue weighted by molar-refractivity contribution is 6.04. The summed E-state index contributed by atoms with van der Waals surface area (Å²) in [5, 5.41) is 2.86. The van der Waals surface area contributed by atoms with Crippen LogP contribution >= 0.6 is 0 Å². The van der Waals surface area contributed by atoms with Gasteiger partial charge in [-0.1, -0.05) is 78.9 Å². The largest absolute Gasteiger partial charge is 0.326 e. The first-order valence-electron chi connectivity index (χ1n) is 8.23. The Morgan fingerprint density at radius 1 is 0.720 bits per heavy atom. The molecule has 0 radical (unpaired) electrons. The van der Waals surface area contributed by atoms with Crippen LogP contribution in [-0.4, -0.2) is 11.7 Å². The van der Waals surface area contributed by atoms with Gasteiger partial charge < -0.3 is 5.32 Å². The van der Waals surface area contributed by atoms with Crippen LogP contribution in [0.25, 0.3) is 0 Å². The van der Waals surface area contributed by atoms with Crippen LogP contribution in [0.3, 0.4) is 0 Å². The molecule has 1 unspecified atom stereocenters. The summed E-state index contributed by atoms with van der Waals surface area (Å²) in [5.41, 5.74) is 2.19. The molecule has 1 N–H and O–H groups in total. The molecule has 124 valence electrons. The third-order valence-corrected chi connectivity index (χ3v) is 4.02. The Kier molecular flexibility index (Phi) is 5.37. The lowest BCUT2D eigenvalue weighted by molar-refractivity contribution is -0.116. The molecule has 0 saturated heterocycles. The highest BCUT2D eigenvalue weighted by atomic mass is 16.2. The van der Waals surface area contributed by atoms with Gasteiger partial charge >= 0.3 is 0 Å². The summed E-state index contributed by atoms with van der Waals surface area (Å²) in [7, 11) is 0. The summed E-state index contributed by atoms with van der Waals surface area (Å²) in [5.74, 6) is -0.730. The van der Waals surface area contributed by atoms with Crippen LogP contribution in [0.2, 0.25) is 0 Å². The van der Waals surface area contributed by atoms with Crippen molar-refractivity contribution in [3.05, 3.63) is 102 Å². The van der Waals surface area contributed by atoms with Gasteiger partial charge in [-0.3, -0.25) is 9.59 Å². The number of benzene rings is 3. The number of para-hydroxylation sites is 1. The van der Waals surface area contributed by atoms with Crippen LogP contribution in [0, 0.1) is 0 Å². The molecule has 3 aromatic rings. The van der Waals surface area contributed by atoms with E-state index < -0.39 is 5.92 Å². The smallest absolute Gasteiger partial charge is 0.225 e. The second kappa shape index (κ2) is 8.06. The average Bonchev–Trinajstić information content (AvgIpc) is 2.68. The van der Waals surface area contributed by atoms with Crippen molar-refractivity contribution in [2.24, 2.45) is 0 Å². The number of anilines is 1. The number of Topliss-reactive ketones (excluding diaryl/α,β-unsaturated/α-hetero) is 1. The highest BCUT2D eigenvalue weighted by Crippen LogP contribution is 2.25. The van der Waals surface area contributed by atoms with Gasteiger partial charge in [0.2, 0.25) is 5.91 Å². The minimum Gasteiger partial charge on any atom is -0.326 e. The SMILES string of the molecule is O=C(CC(C(=O)c1ccccc1)c1ccccc1)Nc1ccccc1. The fourth-order valence-electron chi connectivity index (χ4n) is 2.77. The predicted molar refractivity (Wildman–Crippen MR) is 99.6 cm³/mol. The lowest BCUT2D eigenvalue weighted by Gasteiger charge is -2.16. The lowest BCUT2D eigenvalue weighted by atomic mass is 9.88. The molecule has 0 aliphatic rings. The number of rotatable bonds is 6. The van der Waals surface area contributed by atoms with Crippen molar-refractivity contribution in [1.29, 1.82) is 0 Å². The van der Waals surface area contributed by atoms with Crippen molar-refractivity contribution in [3.8, 4) is 0 Å². The van der Waals surface area contributed by atoms with E-state index in [0.29, 0.717) is 5.56 Å². The lowest BCUT2D eigenvalue weighted by Crippen LogP contribution is -2.21. The van der Waals surface area contributed by atoms with Gasteiger partial charge in [-0.15, -0.1) is 0 Å². The van der Waals surface area contributed by atoms with E-state index in [1.54, 1.807) is 12.1 Å². The Balaban J connectivity index is 1.82. The van der Waals surface area contributed by atoms with Gasteiger partial charge in [0.05, 0.1) is 5.92 Å². The third-order valence-electron chi connectivity index (χ3n) is 4.02. The molecule has 1 atom stereocenters. The second-order valence-electron chi connectivity index (χ2n) is 5.81. The maximum Gasteiger partial charge on any atom is 0.225 e. The molecule has 3 aromatic carbocycles. The monoisotopic (exact) mass is 329 g/mol. The van der Waals surface area contributed by atoms with Crippen molar-refractivity contribution in [1.82, 2.24) is 0 Å². The zero-order valence-corrected chi connectivity index (χ0v) is 13.8. The van der Waals surface area contributed by atoms with Crippen LogP contribution in [0.1, 0.15) is 28.3 Å². The molecule has 0 aromatic heterocycles. The van der Waals surface area contributed by atoms with Crippen LogP contribution in [0.4, 0.5) is 5.69 Å². The number of ketones is 1. The number of hydrogen-bond donors (Lipinski definition) is 1. The van der Waals surface area contributed by atoms with Gasteiger partial charge in [0.25, 0.3) is 0 Å². The molecule has 0 aliphatic carbocycles. The zero-order chi connectivity index (χ0) is 17.5. The van der Waals surface area contributed by atoms with Crippen molar-refractivity contribution < 1.29 is 9.59 Å². The van der Waals surface area contributed by atoms with E-state index in [0.717, 1.165) is 11.3 Å². The van der Waals surface area contributed by atoms with E-state index >= 15 is 0 Å². The number of amides is 1. The standard InChI is InChI=1S/C22H19NO2/c24-21(23-19-14-8-3-9-15-19)16-20(17-10-4-1-5-11-17)22(25)18-12-6-2-7-13-18/h1-15,20H,16H2,(H,23,24). The summed E-state index contributed by atoms with van der Waals surface area (Å²) in [4.78, 5) is 25.4. The third kappa shape index (κ3) is 4.42. The summed E-state index contributed by atoms with van der Waals surface area (Å²) in [6.45, 7) is 0. The number of carbonyl (C=O) groups excluding carboxylic acids is 2. The molecule has 3 rings (SSSR count). The Labute approximate surface area is 147 Å². The molecule has 0 spiro atoms. The van der Waals surface area contributed by atoms with Crippen LogP contribution in [0.15, 0.2) is 91.0 Å². The fourth-order valence-corrected chi connectivity index (χ4v) is 2.77. The average molecular weight is 329 g/mol. The van der Waals surface area contributed by atoms with Gasteiger partial charge in [-0.25, -0.2) is 0 Å². The van der Waals surface area contributed by atoms with Gasteiger partial charge in [0.1, 0.15) is 0 Å². The summed E-state index contributed by atoms with van der Waals surface area (Å²) < 4.78 is 0. The van der Waals surface area contributed by atoms with E-state index in [1.807, 2.05) is 78.9 Å². The van der Waals surface area contributed by atoms with Crippen molar-refractivity contribution in [2.45, 2.75) is 12.3 Å². The minimum absolute atomic E-state index is 0.0463. The number of nitrogens with one attached hydrogen (secondary N) is 1. The first-order chi connectivity index (χ1) is 12.2. The first-order valence-corrected chi connectivity index (χ1v) is 8.23. The second-order valence-corrected chi connectivity index (χ2v) is 5.81. The van der Waals surface area contributed by atoms with Gasteiger partial charge in [-0.2, -0.15) is 0 Å². The molecule has 0 heterocycles. The Hall–Kier alpha value is -3.20. The van der Waals surface area contributed by atoms with Crippen molar-refractivity contribution in [2.75, 3.05) is 5.32 Å². The van der Waals surface area contributed by atoms with Gasteiger partial charge in [0, 0.05) is 17.7 Å². The summed E-state index contributed by atoms with van der Waals surface area (Å²) >= 11 is 0. The fraction of sp³-hybridized carbons (Fsp3) is 0.0909. The molecule has 25 heavy (non-hydrogen) atoms. The molecule has 0 fully saturated rings. The van der Waals surface area contributed by atoms with E-state index in [-0.39, 0.29) is 18.1 Å². The maximum atomic E-state index is 13.0. The van der Waals surface area contributed by atoms with E-state index in [9.17, 15) is 9.59 Å². The molecular formula is C22H19NO2. The molecule has 3 heteroatoms. The minimum atomic E-state index is -0.507. The van der Waals surface area contributed by atoms with E-state index in [4.69, 9.17) is 0 Å². The quantitative estimate of drug-likeness (QED) is 0.667. The Morgan fingerprint density at radius 3 is 1.84 bits per heavy atom. The molecular weight excluding hydrogens is 310 g/mol. The van der Waals surface area contributed by atoms with Gasteiger partial charge in [0.15, 0.2) is 5.78 Å². The van der Waals surface area contributed by atoms with Crippen molar-refractivity contribution in [3.63, 3.8) is 0 Å². The molecule has 0 aliphatic heterocycles. The maximum absolute atomic E-state index is 13.0. The first kappa shape index (κ1) is 16.7. The Bertz CT molecular complexity index is 830. The van der Waals surface area contributed by atoms with Crippen molar-refractivity contribution >= 4 is 17.4 Å². The van der Waals surface area contributed by atoms with E-state index in [2.05, 4.69) is 5.32 Å². The van der Waals surface area contributed by atoms with E-state index in [1.165, 1.54) is 0 Å². The summed E-state index contributed by atoms with van der Waals surface area (Å²) in [6.07, 6.45) is 0.104. The number of carbonyl (C=O) groups is 2. The highest BCUT2D eigenvalue weighted by Gasteiger charge is 2.24. The summed E-state index contributed by atoms with van der Waals surface area (Å²) in [6, 6.07) is 27.8. The molecule has 0 bridgehead atoms. The normalized spacial score (nSPS) is 11.5. The van der Waals surface area contributed by atoms with Crippen LogP contribution in [0.5, 0.6) is 0 Å². The zero-order valence-electron chi connectivity index (χ0n) is 13.8. The Morgan fingerprint density at radius 2 is 1.24 bits per heavy atom. The van der Waals surface area contributed by atoms with Crippen LogP contribution < -0.4 is 5.32 Å². The molecule has 3 nitrogen and oxygen atoms in total. The van der Waals surface area contributed by atoms with Gasteiger partial charge in [-0.05, 0) is 17.7 Å². The number of hydrogen-bond acceptors (Lipinski definition) is 2.